The Morgan fingerprint density at radius 3 is 1.51 bits per heavy atom. The SMILES string of the molecule is c1ccc(-c2cccc(C3=NC(c4cccc(-c5ccccc5)c4)NC(n4c5ccccc5c5ccc6c7ccccc7n(-c7cc(-c8ccccc8)ccc7-c7ccccc7)c6c54)N3)c2)cc1. The van der Waals surface area contributed by atoms with Crippen molar-refractivity contribution in [1.82, 2.24) is 19.8 Å². The minimum absolute atomic E-state index is 0.381. The van der Waals surface area contributed by atoms with Gasteiger partial charge in [-0.15, -0.1) is 0 Å². The van der Waals surface area contributed by atoms with Gasteiger partial charge in [0, 0.05) is 32.7 Å². The highest BCUT2D eigenvalue weighted by atomic mass is 15.4. The second kappa shape index (κ2) is 16.6. The molecule has 5 heteroatoms. The molecule has 0 saturated carbocycles. The Balaban J connectivity index is 1.08. The van der Waals surface area contributed by atoms with Gasteiger partial charge in [-0.25, -0.2) is 4.99 Å². The number of para-hydroxylation sites is 2. The summed E-state index contributed by atoms with van der Waals surface area (Å²) < 4.78 is 5.02. The van der Waals surface area contributed by atoms with Crippen LogP contribution in [-0.4, -0.2) is 15.0 Å². The molecule has 2 aromatic heterocycles. The zero-order valence-corrected chi connectivity index (χ0v) is 37.2. The monoisotopic (exact) mass is 871 g/mol. The zero-order chi connectivity index (χ0) is 45.0. The van der Waals surface area contributed by atoms with E-state index in [1.807, 2.05) is 0 Å². The second-order valence-electron chi connectivity index (χ2n) is 17.6. The summed E-state index contributed by atoms with van der Waals surface area (Å²) >= 11 is 0. The quantitative estimate of drug-likeness (QED) is 0.160. The van der Waals surface area contributed by atoms with E-state index in [1.54, 1.807) is 0 Å². The van der Waals surface area contributed by atoms with E-state index in [0.717, 1.165) is 78.1 Å². The van der Waals surface area contributed by atoms with Crippen molar-refractivity contribution < 1.29 is 0 Å². The third-order valence-corrected chi connectivity index (χ3v) is 13.6. The van der Waals surface area contributed by atoms with Crippen molar-refractivity contribution in [2.24, 2.45) is 4.99 Å². The molecule has 12 aromatic rings. The summed E-state index contributed by atoms with van der Waals surface area (Å²) in [5.74, 6) is 0.822. The average Bonchev–Trinajstić information content (AvgIpc) is 3.95. The van der Waals surface area contributed by atoms with Crippen LogP contribution in [-0.2, 0) is 0 Å². The van der Waals surface area contributed by atoms with Gasteiger partial charge < -0.3 is 14.5 Å². The highest BCUT2D eigenvalue weighted by Crippen LogP contribution is 2.44. The molecule has 322 valence electrons. The number of benzene rings is 10. The van der Waals surface area contributed by atoms with Gasteiger partial charge in [-0.3, -0.25) is 5.32 Å². The van der Waals surface area contributed by atoms with Crippen molar-refractivity contribution in [2.75, 3.05) is 0 Å². The Labute approximate surface area is 394 Å². The Morgan fingerprint density at radius 1 is 0.353 bits per heavy atom. The first-order valence-electron chi connectivity index (χ1n) is 23.4. The first kappa shape index (κ1) is 39.6. The standard InChI is InChI=1S/C63H45N5/c1-5-19-42(20-6-1)46-27-17-29-49(39-46)61-64-62(50-30-18-28-47(40-50)43-21-7-2-8-22-43)66-63(65-61)68-57-34-16-14-32-53(57)55-38-37-54-52-31-13-15-33-56(52)67(59(54)60(55)68)58-41-48(44-23-9-3-10-24-44)35-36-51(58)45-25-11-4-12-26-45/h1-41,61,63,65H,(H,64,66). The van der Waals surface area contributed by atoms with Crippen molar-refractivity contribution in [1.29, 1.82) is 0 Å². The predicted molar refractivity (Wildman–Crippen MR) is 283 cm³/mol. The van der Waals surface area contributed by atoms with Crippen LogP contribution >= 0.6 is 0 Å². The number of rotatable bonds is 8. The van der Waals surface area contributed by atoms with Crippen LogP contribution in [0.3, 0.4) is 0 Å². The molecule has 1 aliphatic rings. The normalized spacial score (nSPS) is 14.9. The fourth-order valence-corrected chi connectivity index (χ4v) is 10.4. The maximum Gasteiger partial charge on any atom is 0.162 e. The molecule has 68 heavy (non-hydrogen) atoms. The lowest BCUT2D eigenvalue weighted by molar-refractivity contribution is 0.330. The minimum Gasteiger partial charge on any atom is -0.337 e. The maximum atomic E-state index is 5.53. The molecule has 2 N–H and O–H groups in total. The van der Waals surface area contributed by atoms with Gasteiger partial charge in [0.05, 0.1) is 27.8 Å². The van der Waals surface area contributed by atoms with Crippen molar-refractivity contribution in [2.45, 2.75) is 12.5 Å². The summed E-state index contributed by atoms with van der Waals surface area (Å²) in [6, 6.07) is 89.6. The largest absolute Gasteiger partial charge is 0.337 e. The Bertz CT molecular complexity index is 3850. The van der Waals surface area contributed by atoms with Crippen molar-refractivity contribution in [3.8, 4) is 50.2 Å². The summed E-state index contributed by atoms with van der Waals surface area (Å²) in [5.41, 5.74) is 17.0. The molecule has 0 radical (unpaired) electrons. The molecule has 13 rings (SSSR count). The van der Waals surface area contributed by atoms with Gasteiger partial charge in [0.25, 0.3) is 0 Å². The van der Waals surface area contributed by atoms with Crippen molar-refractivity contribution in [3.05, 3.63) is 260 Å². The smallest absolute Gasteiger partial charge is 0.162 e. The molecule has 0 saturated heterocycles. The second-order valence-corrected chi connectivity index (χ2v) is 17.6. The fourth-order valence-electron chi connectivity index (χ4n) is 10.4. The molecule has 5 nitrogen and oxygen atoms in total. The van der Waals surface area contributed by atoms with Gasteiger partial charge in [-0.1, -0.05) is 218 Å². The number of hydrogen-bond acceptors (Lipinski definition) is 3. The molecule has 10 aromatic carbocycles. The Kier molecular flexibility index (Phi) is 9.66. The van der Waals surface area contributed by atoms with E-state index in [-0.39, 0.29) is 6.17 Å². The predicted octanol–water partition coefficient (Wildman–Crippen LogP) is 15.4. The first-order chi connectivity index (χ1) is 33.7. The van der Waals surface area contributed by atoms with E-state index in [2.05, 4.69) is 268 Å². The lowest BCUT2D eigenvalue weighted by Gasteiger charge is -2.34. The van der Waals surface area contributed by atoms with Crippen molar-refractivity contribution >= 4 is 49.4 Å². The molecule has 2 unspecified atom stereocenters. The van der Waals surface area contributed by atoms with Crippen LogP contribution in [0.2, 0.25) is 0 Å². The fraction of sp³-hybridized carbons (Fsp3) is 0.0317. The Hall–Kier alpha value is -8.77. The molecular formula is C63H45N5. The van der Waals surface area contributed by atoms with Crippen LogP contribution in [0.25, 0.3) is 93.8 Å². The highest BCUT2D eigenvalue weighted by molar-refractivity contribution is 6.23. The number of nitrogens with zero attached hydrogens (tertiary/aromatic N) is 3. The molecule has 0 amide bonds. The van der Waals surface area contributed by atoms with Crippen LogP contribution in [0.4, 0.5) is 0 Å². The third kappa shape index (κ3) is 6.79. The van der Waals surface area contributed by atoms with E-state index >= 15 is 0 Å². The number of amidine groups is 1. The van der Waals surface area contributed by atoms with Gasteiger partial charge >= 0.3 is 0 Å². The van der Waals surface area contributed by atoms with Gasteiger partial charge in [-0.2, -0.15) is 0 Å². The summed E-state index contributed by atoms with van der Waals surface area (Å²) in [4.78, 5) is 5.53. The number of hydrogen-bond donors (Lipinski definition) is 2. The van der Waals surface area contributed by atoms with Crippen LogP contribution in [0.1, 0.15) is 23.6 Å². The van der Waals surface area contributed by atoms with Gasteiger partial charge in [0.2, 0.25) is 0 Å². The molecule has 2 atom stereocenters. The topological polar surface area (TPSA) is 46.3 Å². The number of aromatic nitrogens is 2. The zero-order valence-electron chi connectivity index (χ0n) is 37.2. The van der Waals surface area contributed by atoms with E-state index in [0.29, 0.717) is 0 Å². The summed E-state index contributed by atoms with van der Waals surface area (Å²) in [6.07, 6.45) is -0.800. The highest BCUT2D eigenvalue weighted by Gasteiger charge is 2.30. The maximum absolute atomic E-state index is 5.53. The van der Waals surface area contributed by atoms with E-state index in [4.69, 9.17) is 4.99 Å². The average molecular weight is 872 g/mol. The Morgan fingerprint density at radius 2 is 0.853 bits per heavy atom. The van der Waals surface area contributed by atoms with Crippen molar-refractivity contribution in [3.63, 3.8) is 0 Å². The van der Waals surface area contributed by atoms with E-state index in [1.165, 1.54) is 32.7 Å². The molecular weight excluding hydrogens is 827 g/mol. The molecule has 0 aliphatic carbocycles. The molecule has 0 spiro atoms. The van der Waals surface area contributed by atoms with Gasteiger partial charge in [0.1, 0.15) is 12.0 Å². The van der Waals surface area contributed by atoms with Crippen LogP contribution in [0.5, 0.6) is 0 Å². The number of aliphatic imine (C=N–C) groups is 1. The summed E-state index contributed by atoms with van der Waals surface area (Å²) in [5, 5.41) is 12.8. The van der Waals surface area contributed by atoms with Crippen LogP contribution in [0, 0.1) is 0 Å². The van der Waals surface area contributed by atoms with Crippen LogP contribution < -0.4 is 10.6 Å². The lowest BCUT2D eigenvalue weighted by Crippen LogP contribution is -2.47. The van der Waals surface area contributed by atoms with Crippen LogP contribution in [0.15, 0.2) is 254 Å². The van der Waals surface area contributed by atoms with E-state index < -0.39 is 6.29 Å². The molecule has 3 heterocycles. The van der Waals surface area contributed by atoms with Gasteiger partial charge in [0.15, 0.2) is 6.29 Å². The lowest BCUT2D eigenvalue weighted by atomic mass is 9.98. The third-order valence-electron chi connectivity index (χ3n) is 13.6. The van der Waals surface area contributed by atoms with E-state index in [9.17, 15) is 0 Å². The molecule has 1 aliphatic heterocycles. The summed E-state index contributed by atoms with van der Waals surface area (Å²) in [6.45, 7) is 0. The minimum atomic E-state index is -0.419. The molecule has 0 fully saturated rings. The summed E-state index contributed by atoms with van der Waals surface area (Å²) in [7, 11) is 0. The van der Waals surface area contributed by atoms with Gasteiger partial charge in [-0.05, 0) is 74.8 Å². The first-order valence-corrected chi connectivity index (χ1v) is 23.4. The molecule has 0 bridgehead atoms. The number of fused-ring (bicyclic) bond motifs is 7. The number of nitrogens with one attached hydrogen (secondary N) is 2.